The molecular formula is C17H22F2N2O. The Morgan fingerprint density at radius 1 is 1.36 bits per heavy atom. The van der Waals surface area contributed by atoms with Crippen LogP contribution in [0.5, 0.6) is 0 Å². The van der Waals surface area contributed by atoms with E-state index < -0.39 is 11.6 Å². The van der Waals surface area contributed by atoms with E-state index in [1.54, 1.807) is 4.90 Å². The standard InChI is InChI=1S/C17H22F2N2O/c1-10-14-8-12(18)9-15(19)13(14)5-6-21(10)17(22)7-11-3-2-4-16(11)20/h8-11,16H,2-7,20H2,1H3/t10?,11-,16+/m0/s1. The van der Waals surface area contributed by atoms with Crippen molar-refractivity contribution in [1.29, 1.82) is 0 Å². The van der Waals surface area contributed by atoms with Crippen LogP contribution in [0.1, 0.15) is 49.8 Å². The zero-order chi connectivity index (χ0) is 15.9. The SMILES string of the molecule is CC1c2cc(F)cc(F)c2CCN1C(=O)C[C@@H]1CCC[C@H]1N. The molecule has 0 saturated heterocycles. The molecule has 3 nitrogen and oxygen atoms in total. The molecule has 0 spiro atoms. The van der Waals surface area contributed by atoms with E-state index in [4.69, 9.17) is 5.73 Å². The molecule has 3 atom stereocenters. The van der Waals surface area contributed by atoms with E-state index >= 15 is 0 Å². The Bertz CT molecular complexity index is 590. The van der Waals surface area contributed by atoms with Crippen LogP contribution in [0.2, 0.25) is 0 Å². The average Bonchev–Trinajstić information content (AvgIpc) is 2.85. The van der Waals surface area contributed by atoms with E-state index in [9.17, 15) is 13.6 Å². The van der Waals surface area contributed by atoms with Gasteiger partial charge in [-0.1, -0.05) is 6.42 Å². The molecule has 2 N–H and O–H groups in total. The Labute approximate surface area is 129 Å². The molecule has 1 saturated carbocycles. The molecule has 22 heavy (non-hydrogen) atoms. The smallest absolute Gasteiger partial charge is 0.223 e. The van der Waals surface area contributed by atoms with E-state index in [1.165, 1.54) is 6.07 Å². The van der Waals surface area contributed by atoms with Crippen molar-refractivity contribution in [3.8, 4) is 0 Å². The number of fused-ring (bicyclic) bond motifs is 1. The van der Waals surface area contributed by atoms with Gasteiger partial charge in [0.15, 0.2) is 0 Å². The van der Waals surface area contributed by atoms with E-state index in [1.807, 2.05) is 6.92 Å². The first-order valence-corrected chi connectivity index (χ1v) is 8.00. The largest absolute Gasteiger partial charge is 0.336 e. The number of amides is 1. The molecule has 3 rings (SSSR count). The lowest BCUT2D eigenvalue weighted by molar-refractivity contribution is -0.134. The van der Waals surface area contributed by atoms with Gasteiger partial charge in [-0.2, -0.15) is 0 Å². The Morgan fingerprint density at radius 2 is 2.14 bits per heavy atom. The number of nitrogens with two attached hydrogens (primary N) is 1. The minimum atomic E-state index is -0.588. The van der Waals surface area contributed by atoms with Crippen molar-refractivity contribution >= 4 is 5.91 Å². The van der Waals surface area contributed by atoms with Crippen molar-refractivity contribution in [2.24, 2.45) is 11.7 Å². The van der Waals surface area contributed by atoms with Crippen LogP contribution in [-0.2, 0) is 11.2 Å². The Hall–Kier alpha value is -1.49. The third-order valence-corrected chi connectivity index (χ3v) is 5.19. The number of hydrogen-bond acceptors (Lipinski definition) is 2. The van der Waals surface area contributed by atoms with Crippen molar-refractivity contribution in [2.75, 3.05) is 6.54 Å². The molecular weight excluding hydrogens is 286 g/mol. The average molecular weight is 308 g/mol. The molecule has 1 aromatic carbocycles. The van der Waals surface area contributed by atoms with Gasteiger partial charge >= 0.3 is 0 Å². The molecule has 1 aliphatic carbocycles. The van der Waals surface area contributed by atoms with Gasteiger partial charge < -0.3 is 10.6 Å². The fraction of sp³-hybridized carbons (Fsp3) is 0.588. The van der Waals surface area contributed by atoms with Gasteiger partial charge in [0, 0.05) is 25.1 Å². The lowest BCUT2D eigenvalue weighted by atomic mass is 9.91. The third-order valence-electron chi connectivity index (χ3n) is 5.19. The quantitative estimate of drug-likeness (QED) is 0.913. The van der Waals surface area contributed by atoms with Gasteiger partial charge in [-0.25, -0.2) is 8.78 Å². The summed E-state index contributed by atoms with van der Waals surface area (Å²) in [6, 6.07) is 2.08. The predicted octanol–water partition coefficient (Wildman–Crippen LogP) is 2.93. The van der Waals surface area contributed by atoms with Crippen molar-refractivity contribution in [2.45, 2.75) is 51.1 Å². The lowest BCUT2D eigenvalue weighted by Gasteiger charge is -2.36. The Kier molecular flexibility index (Phi) is 4.17. The molecule has 120 valence electrons. The van der Waals surface area contributed by atoms with E-state index in [-0.39, 0.29) is 23.9 Å². The lowest BCUT2D eigenvalue weighted by Crippen LogP contribution is -2.41. The highest BCUT2D eigenvalue weighted by Crippen LogP contribution is 2.34. The maximum atomic E-state index is 13.9. The number of halogens is 2. The Balaban J connectivity index is 1.77. The summed E-state index contributed by atoms with van der Waals surface area (Å²) < 4.78 is 27.3. The van der Waals surface area contributed by atoms with Crippen molar-refractivity contribution in [1.82, 2.24) is 4.90 Å². The summed E-state index contributed by atoms with van der Waals surface area (Å²) in [7, 11) is 0. The molecule has 0 bridgehead atoms. The van der Waals surface area contributed by atoms with Crippen LogP contribution in [0, 0.1) is 17.6 Å². The van der Waals surface area contributed by atoms with Gasteiger partial charge in [-0.05, 0) is 49.3 Å². The maximum absolute atomic E-state index is 13.9. The number of carbonyl (C=O) groups excluding carboxylic acids is 1. The first-order valence-electron chi connectivity index (χ1n) is 8.00. The van der Waals surface area contributed by atoms with Crippen molar-refractivity contribution in [3.63, 3.8) is 0 Å². The summed E-state index contributed by atoms with van der Waals surface area (Å²) in [5.41, 5.74) is 7.17. The van der Waals surface area contributed by atoms with Crippen LogP contribution in [-0.4, -0.2) is 23.4 Å². The number of hydrogen-bond donors (Lipinski definition) is 1. The molecule has 1 aromatic rings. The maximum Gasteiger partial charge on any atom is 0.223 e. The van der Waals surface area contributed by atoms with Crippen LogP contribution in [0.25, 0.3) is 0 Å². The highest BCUT2D eigenvalue weighted by molar-refractivity contribution is 5.77. The second-order valence-electron chi connectivity index (χ2n) is 6.53. The first-order chi connectivity index (χ1) is 10.5. The minimum absolute atomic E-state index is 0.0465. The van der Waals surface area contributed by atoms with E-state index in [0.717, 1.165) is 25.3 Å². The van der Waals surface area contributed by atoms with Crippen LogP contribution >= 0.6 is 0 Å². The second kappa shape index (κ2) is 5.95. The normalized spacial score (nSPS) is 27.8. The van der Waals surface area contributed by atoms with E-state index in [0.29, 0.717) is 30.5 Å². The summed E-state index contributed by atoms with van der Waals surface area (Å²) in [5.74, 6) is -0.808. The summed E-state index contributed by atoms with van der Waals surface area (Å²) >= 11 is 0. The fourth-order valence-electron chi connectivity index (χ4n) is 3.85. The predicted molar refractivity (Wildman–Crippen MR) is 80.1 cm³/mol. The first kappa shape index (κ1) is 15.4. The molecule has 1 heterocycles. The van der Waals surface area contributed by atoms with E-state index in [2.05, 4.69) is 0 Å². The number of carbonyl (C=O) groups is 1. The number of benzene rings is 1. The minimum Gasteiger partial charge on any atom is -0.336 e. The summed E-state index contributed by atoms with van der Waals surface area (Å²) in [6.45, 7) is 2.32. The second-order valence-corrected chi connectivity index (χ2v) is 6.53. The highest BCUT2D eigenvalue weighted by Gasteiger charge is 2.33. The summed E-state index contributed by atoms with van der Waals surface area (Å²) in [5, 5.41) is 0. The molecule has 5 heteroatoms. The summed E-state index contributed by atoms with van der Waals surface area (Å²) in [4.78, 5) is 14.3. The van der Waals surface area contributed by atoms with Crippen LogP contribution < -0.4 is 5.73 Å². The Morgan fingerprint density at radius 3 is 2.82 bits per heavy atom. The molecule has 0 radical (unpaired) electrons. The van der Waals surface area contributed by atoms with Gasteiger partial charge in [0.25, 0.3) is 0 Å². The molecule has 1 amide bonds. The zero-order valence-electron chi connectivity index (χ0n) is 12.8. The monoisotopic (exact) mass is 308 g/mol. The third kappa shape index (κ3) is 2.74. The molecule has 2 aliphatic rings. The number of nitrogens with zero attached hydrogens (tertiary/aromatic N) is 1. The van der Waals surface area contributed by atoms with Gasteiger partial charge in [-0.15, -0.1) is 0 Å². The zero-order valence-corrected chi connectivity index (χ0v) is 12.8. The van der Waals surface area contributed by atoms with Crippen molar-refractivity contribution in [3.05, 3.63) is 34.9 Å². The van der Waals surface area contributed by atoms with Crippen LogP contribution in [0.15, 0.2) is 12.1 Å². The highest BCUT2D eigenvalue weighted by atomic mass is 19.1. The summed E-state index contributed by atoms with van der Waals surface area (Å²) in [6.07, 6.45) is 3.93. The van der Waals surface area contributed by atoms with Crippen molar-refractivity contribution < 1.29 is 13.6 Å². The number of rotatable bonds is 2. The topological polar surface area (TPSA) is 46.3 Å². The van der Waals surface area contributed by atoms with Crippen LogP contribution in [0.4, 0.5) is 8.78 Å². The molecule has 1 aliphatic heterocycles. The van der Waals surface area contributed by atoms with Gasteiger partial charge in [0.05, 0.1) is 6.04 Å². The van der Waals surface area contributed by atoms with Gasteiger partial charge in [0.1, 0.15) is 11.6 Å². The molecule has 0 aromatic heterocycles. The molecule has 1 unspecified atom stereocenters. The molecule has 1 fully saturated rings. The van der Waals surface area contributed by atoms with Gasteiger partial charge in [0.2, 0.25) is 5.91 Å². The van der Waals surface area contributed by atoms with Crippen LogP contribution in [0.3, 0.4) is 0 Å². The van der Waals surface area contributed by atoms with Gasteiger partial charge in [-0.3, -0.25) is 4.79 Å². The fourth-order valence-corrected chi connectivity index (χ4v) is 3.85.